The van der Waals surface area contributed by atoms with Gasteiger partial charge in [0.25, 0.3) is 0 Å². The Morgan fingerprint density at radius 2 is 2.00 bits per heavy atom. The van der Waals surface area contributed by atoms with Crippen molar-refractivity contribution in [3.63, 3.8) is 0 Å². The average Bonchev–Trinajstić information content (AvgIpc) is 2.84. The molecule has 100 valence electrons. The number of aromatic hydroxyl groups is 1. The van der Waals surface area contributed by atoms with Gasteiger partial charge in [-0.3, -0.25) is 0 Å². The number of nitrogens with one attached hydrogen (secondary N) is 1. The van der Waals surface area contributed by atoms with Crippen molar-refractivity contribution in [1.29, 1.82) is 0 Å². The second-order valence-electron chi connectivity index (χ2n) is 5.22. The van der Waals surface area contributed by atoms with Crippen LogP contribution in [0.5, 0.6) is 5.75 Å². The first kappa shape index (κ1) is 13.3. The van der Waals surface area contributed by atoms with Crippen LogP contribution in [0.4, 0.5) is 4.39 Å². The Bertz CT molecular complexity index is 403. The standard InChI is InChI=1S/C14H20FNO2/c15-12-5-3-4-11(13(12)18)8-16-9-14(10-17)6-1-2-7-14/h3-5,16-18H,1-2,6-10H2. The van der Waals surface area contributed by atoms with Crippen molar-refractivity contribution in [2.45, 2.75) is 32.2 Å². The van der Waals surface area contributed by atoms with Crippen molar-refractivity contribution in [3.05, 3.63) is 29.6 Å². The van der Waals surface area contributed by atoms with E-state index in [1.165, 1.54) is 6.07 Å². The second kappa shape index (κ2) is 5.67. The number of hydrogen-bond donors (Lipinski definition) is 3. The summed E-state index contributed by atoms with van der Waals surface area (Å²) in [4.78, 5) is 0. The molecule has 0 amide bonds. The van der Waals surface area contributed by atoms with Gasteiger partial charge in [-0.15, -0.1) is 0 Å². The molecular formula is C14H20FNO2. The van der Waals surface area contributed by atoms with Crippen LogP contribution in [0.1, 0.15) is 31.2 Å². The lowest BCUT2D eigenvalue weighted by Gasteiger charge is -2.26. The molecule has 0 aliphatic heterocycles. The Morgan fingerprint density at radius 3 is 2.67 bits per heavy atom. The first-order valence-electron chi connectivity index (χ1n) is 6.45. The highest BCUT2D eigenvalue weighted by Crippen LogP contribution is 2.37. The van der Waals surface area contributed by atoms with Crippen molar-refractivity contribution in [3.8, 4) is 5.75 Å². The highest BCUT2D eigenvalue weighted by Gasteiger charge is 2.32. The minimum absolute atomic E-state index is 0.0249. The summed E-state index contributed by atoms with van der Waals surface area (Å²) in [5.41, 5.74) is 0.532. The zero-order valence-electron chi connectivity index (χ0n) is 10.5. The van der Waals surface area contributed by atoms with Gasteiger partial charge in [-0.05, 0) is 18.9 Å². The highest BCUT2D eigenvalue weighted by atomic mass is 19.1. The molecule has 3 N–H and O–H groups in total. The number of phenolic OH excluding ortho intramolecular Hbond substituents is 1. The summed E-state index contributed by atoms with van der Waals surface area (Å²) in [5, 5.41) is 22.2. The molecule has 0 spiro atoms. The number of para-hydroxylation sites is 1. The van der Waals surface area contributed by atoms with Gasteiger partial charge in [-0.2, -0.15) is 0 Å². The van der Waals surface area contributed by atoms with E-state index in [1.54, 1.807) is 12.1 Å². The number of rotatable bonds is 5. The molecule has 1 saturated carbocycles. The lowest BCUT2D eigenvalue weighted by atomic mass is 9.87. The first-order valence-corrected chi connectivity index (χ1v) is 6.45. The van der Waals surface area contributed by atoms with Gasteiger partial charge >= 0.3 is 0 Å². The van der Waals surface area contributed by atoms with Crippen molar-refractivity contribution in [1.82, 2.24) is 5.32 Å². The van der Waals surface area contributed by atoms with Crippen molar-refractivity contribution in [2.75, 3.05) is 13.2 Å². The fourth-order valence-electron chi connectivity index (χ4n) is 2.68. The minimum Gasteiger partial charge on any atom is -0.505 e. The topological polar surface area (TPSA) is 52.5 Å². The molecule has 0 bridgehead atoms. The summed E-state index contributed by atoms with van der Waals surface area (Å²) in [6.45, 7) is 1.32. The maximum absolute atomic E-state index is 13.1. The highest BCUT2D eigenvalue weighted by molar-refractivity contribution is 5.33. The van der Waals surface area contributed by atoms with Crippen LogP contribution >= 0.6 is 0 Å². The maximum atomic E-state index is 13.1. The van der Waals surface area contributed by atoms with Crippen molar-refractivity contribution >= 4 is 0 Å². The largest absolute Gasteiger partial charge is 0.505 e. The van der Waals surface area contributed by atoms with Gasteiger partial charge in [-0.25, -0.2) is 4.39 Å². The fraction of sp³-hybridized carbons (Fsp3) is 0.571. The van der Waals surface area contributed by atoms with Gasteiger partial charge < -0.3 is 15.5 Å². The Labute approximate surface area is 107 Å². The van der Waals surface area contributed by atoms with Crippen LogP contribution in [0, 0.1) is 11.2 Å². The Morgan fingerprint density at radius 1 is 1.28 bits per heavy atom. The summed E-state index contributed by atoms with van der Waals surface area (Å²) in [7, 11) is 0. The van der Waals surface area contributed by atoms with Gasteiger partial charge in [0.15, 0.2) is 11.6 Å². The van der Waals surface area contributed by atoms with E-state index in [2.05, 4.69) is 5.32 Å². The first-order chi connectivity index (χ1) is 8.67. The summed E-state index contributed by atoms with van der Waals surface area (Å²) in [6, 6.07) is 4.53. The summed E-state index contributed by atoms with van der Waals surface area (Å²) >= 11 is 0. The number of phenols is 1. The van der Waals surface area contributed by atoms with E-state index in [-0.39, 0.29) is 17.8 Å². The molecule has 18 heavy (non-hydrogen) atoms. The van der Waals surface area contributed by atoms with E-state index in [0.29, 0.717) is 18.7 Å². The maximum Gasteiger partial charge on any atom is 0.165 e. The molecule has 0 atom stereocenters. The minimum atomic E-state index is -0.591. The molecule has 0 unspecified atom stereocenters. The van der Waals surface area contributed by atoms with E-state index < -0.39 is 5.82 Å². The third-order valence-corrected chi connectivity index (χ3v) is 3.89. The molecule has 4 heteroatoms. The predicted molar refractivity (Wildman–Crippen MR) is 67.8 cm³/mol. The van der Waals surface area contributed by atoms with E-state index >= 15 is 0 Å². The SMILES string of the molecule is OCC1(CNCc2cccc(F)c2O)CCCC1. The Balaban J connectivity index is 1.90. The van der Waals surface area contributed by atoms with Crippen molar-refractivity contribution in [2.24, 2.45) is 5.41 Å². The van der Waals surface area contributed by atoms with Crippen LogP contribution in [0.15, 0.2) is 18.2 Å². The smallest absolute Gasteiger partial charge is 0.165 e. The molecule has 0 aromatic heterocycles. The van der Waals surface area contributed by atoms with Crippen LogP contribution in [0.25, 0.3) is 0 Å². The van der Waals surface area contributed by atoms with Gasteiger partial charge in [0.05, 0.1) is 0 Å². The number of aliphatic hydroxyl groups excluding tert-OH is 1. The molecule has 1 fully saturated rings. The monoisotopic (exact) mass is 253 g/mol. The molecule has 1 aliphatic rings. The number of benzene rings is 1. The van der Waals surface area contributed by atoms with Crippen LogP contribution < -0.4 is 5.32 Å². The predicted octanol–water partition coefficient (Wildman–Crippen LogP) is 2.17. The van der Waals surface area contributed by atoms with Crippen LogP contribution in [0.3, 0.4) is 0 Å². The van der Waals surface area contributed by atoms with Crippen LogP contribution in [0.2, 0.25) is 0 Å². The van der Waals surface area contributed by atoms with E-state index in [1.807, 2.05) is 0 Å². The number of aliphatic hydroxyl groups is 1. The zero-order valence-corrected chi connectivity index (χ0v) is 10.5. The average molecular weight is 253 g/mol. The summed E-state index contributed by atoms with van der Waals surface area (Å²) in [5.74, 6) is -0.874. The van der Waals surface area contributed by atoms with Gasteiger partial charge in [0.1, 0.15) is 0 Å². The normalized spacial score (nSPS) is 18.1. The molecule has 0 radical (unpaired) electrons. The van der Waals surface area contributed by atoms with Crippen LogP contribution in [-0.2, 0) is 6.54 Å². The summed E-state index contributed by atoms with van der Waals surface area (Å²) in [6.07, 6.45) is 4.39. The molecule has 0 heterocycles. The van der Waals surface area contributed by atoms with E-state index in [9.17, 15) is 14.6 Å². The number of hydrogen-bond acceptors (Lipinski definition) is 3. The lowest BCUT2D eigenvalue weighted by Crippen LogP contribution is -2.34. The molecule has 3 nitrogen and oxygen atoms in total. The Kier molecular flexibility index (Phi) is 4.19. The van der Waals surface area contributed by atoms with E-state index in [4.69, 9.17) is 0 Å². The quantitative estimate of drug-likeness (QED) is 0.754. The second-order valence-corrected chi connectivity index (χ2v) is 5.22. The molecule has 1 aromatic rings. The van der Waals surface area contributed by atoms with E-state index in [0.717, 1.165) is 25.7 Å². The van der Waals surface area contributed by atoms with Gasteiger partial charge in [-0.1, -0.05) is 25.0 Å². The van der Waals surface area contributed by atoms with Crippen molar-refractivity contribution < 1.29 is 14.6 Å². The molecule has 1 aliphatic carbocycles. The third kappa shape index (κ3) is 2.82. The molecular weight excluding hydrogens is 233 g/mol. The molecule has 1 aromatic carbocycles. The van der Waals surface area contributed by atoms with Gasteiger partial charge in [0, 0.05) is 30.7 Å². The lowest BCUT2D eigenvalue weighted by molar-refractivity contribution is 0.128. The number of halogens is 1. The summed E-state index contributed by atoms with van der Waals surface area (Å²) < 4.78 is 13.1. The zero-order chi connectivity index (χ0) is 13.0. The third-order valence-electron chi connectivity index (χ3n) is 3.89. The van der Waals surface area contributed by atoms with Crippen LogP contribution in [-0.4, -0.2) is 23.4 Å². The molecule has 0 saturated heterocycles. The molecule has 2 rings (SSSR count). The van der Waals surface area contributed by atoms with Gasteiger partial charge in [0.2, 0.25) is 0 Å². The Hall–Kier alpha value is -1.13. The fourth-order valence-corrected chi connectivity index (χ4v) is 2.68.